The average Bonchev–Trinajstić information content (AvgIpc) is 2.67. The van der Waals surface area contributed by atoms with Gasteiger partial charge in [-0.15, -0.1) is 0 Å². The van der Waals surface area contributed by atoms with Crippen LogP contribution in [0.2, 0.25) is 0 Å². The highest BCUT2D eigenvalue weighted by atomic mass is 16.1. The van der Waals surface area contributed by atoms with Crippen LogP contribution in [0, 0.1) is 0 Å². The molecule has 0 spiro atoms. The molecule has 2 aromatic carbocycles. The van der Waals surface area contributed by atoms with Crippen LogP contribution in [0.5, 0.6) is 0 Å². The molecule has 17 heavy (non-hydrogen) atoms. The minimum Gasteiger partial charge on any atom is -0.244 e. The zero-order chi connectivity index (χ0) is 11.4. The largest absolute Gasteiger partial charge is 0.361 e. The number of aromatic amines is 1. The molecular weight excluding hydrogens is 214 g/mol. The highest BCUT2D eigenvalue weighted by Gasteiger charge is 2.23. The lowest BCUT2D eigenvalue weighted by atomic mass is 10.0. The lowest BCUT2D eigenvalue weighted by Crippen LogP contribution is -2.12. The van der Waals surface area contributed by atoms with E-state index in [1.165, 1.54) is 0 Å². The molecule has 0 radical (unpaired) electrons. The molecule has 0 amide bonds. The molecule has 0 saturated carbocycles. The maximum absolute atomic E-state index is 11.3. The van der Waals surface area contributed by atoms with Gasteiger partial charge in [0.05, 0.1) is 0 Å². The summed E-state index contributed by atoms with van der Waals surface area (Å²) in [5.74, 6) is 0. The van der Waals surface area contributed by atoms with Crippen molar-refractivity contribution >= 4 is 10.8 Å². The van der Waals surface area contributed by atoms with E-state index in [9.17, 15) is 4.79 Å². The van der Waals surface area contributed by atoms with E-state index in [1.54, 1.807) is 0 Å². The van der Waals surface area contributed by atoms with Gasteiger partial charge in [0.2, 0.25) is 0 Å². The number of rotatable bonds is 0. The lowest BCUT2D eigenvalue weighted by molar-refractivity contribution is 0.930. The molecular formula is C13H7N3O. The van der Waals surface area contributed by atoms with Crippen molar-refractivity contribution < 1.29 is 0 Å². The van der Waals surface area contributed by atoms with Gasteiger partial charge in [-0.25, -0.2) is 9.89 Å². The van der Waals surface area contributed by atoms with Crippen LogP contribution in [0.4, 0.5) is 0 Å². The van der Waals surface area contributed by atoms with Gasteiger partial charge in [-0.2, -0.15) is 10.1 Å². The molecule has 0 unspecified atom stereocenters. The summed E-state index contributed by atoms with van der Waals surface area (Å²) >= 11 is 0. The summed E-state index contributed by atoms with van der Waals surface area (Å²) in [5.41, 5.74) is 3.06. The van der Waals surface area contributed by atoms with E-state index in [0.717, 1.165) is 27.6 Å². The van der Waals surface area contributed by atoms with Crippen LogP contribution in [-0.2, 0) is 0 Å². The number of aromatic nitrogens is 3. The van der Waals surface area contributed by atoms with Crippen LogP contribution < -0.4 is 5.69 Å². The predicted molar refractivity (Wildman–Crippen MR) is 64.6 cm³/mol. The molecule has 0 atom stereocenters. The maximum atomic E-state index is 11.3. The molecule has 3 aromatic rings. The zero-order valence-electron chi connectivity index (χ0n) is 8.77. The maximum Gasteiger partial charge on any atom is 0.361 e. The number of H-pyrrole nitrogens is 1. The first kappa shape index (κ1) is 8.64. The quantitative estimate of drug-likeness (QED) is 0.494. The Labute approximate surface area is 96.0 Å². The van der Waals surface area contributed by atoms with E-state index in [0.29, 0.717) is 5.69 Å². The summed E-state index contributed by atoms with van der Waals surface area (Å²) in [6, 6.07) is 12.0. The zero-order valence-corrected chi connectivity index (χ0v) is 8.77. The van der Waals surface area contributed by atoms with Crippen molar-refractivity contribution in [2.75, 3.05) is 0 Å². The van der Waals surface area contributed by atoms with Crippen molar-refractivity contribution in [1.82, 2.24) is 15.2 Å². The number of hydrogen-bond donors (Lipinski definition) is 1. The molecule has 0 fully saturated rings. The predicted octanol–water partition coefficient (Wildman–Crippen LogP) is 1.97. The van der Waals surface area contributed by atoms with E-state index < -0.39 is 5.69 Å². The Balaban J connectivity index is 2.30. The third kappa shape index (κ3) is 0.990. The number of benzene rings is 2. The smallest absolute Gasteiger partial charge is 0.244 e. The van der Waals surface area contributed by atoms with Gasteiger partial charge in [-0.1, -0.05) is 36.4 Å². The Bertz CT molecular complexity index is 815. The van der Waals surface area contributed by atoms with Crippen molar-refractivity contribution in [3.05, 3.63) is 46.9 Å². The highest BCUT2D eigenvalue weighted by molar-refractivity contribution is 6.13. The van der Waals surface area contributed by atoms with E-state index in [4.69, 9.17) is 0 Å². The van der Waals surface area contributed by atoms with Crippen LogP contribution in [0.15, 0.2) is 41.2 Å². The molecule has 4 rings (SSSR count). The highest BCUT2D eigenvalue weighted by Crippen LogP contribution is 2.43. The first-order valence-electron chi connectivity index (χ1n) is 5.34. The molecule has 1 heterocycles. The number of nitrogens with one attached hydrogen (secondary N) is 1. The number of fused-ring (bicyclic) bond motifs is 3. The summed E-state index contributed by atoms with van der Waals surface area (Å²) in [4.78, 5) is 15.3. The molecule has 1 aromatic heterocycles. The molecule has 4 heteroatoms. The average molecular weight is 221 g/mol. The fraction of sp³-hybridized carbons (Fsp3) is 0. The van der Waals surface area contributed by atoms with Crippen molar-refractivity contribution in [3.8, 4) is 22.5 Å². The second-order valence-electron chi connectivity index (χ2n) is 4.05. The first-order valence-corrected chi connectivity index (χ1v) is 5.34. The Morgan fingerprint density at radius 2 is 1.65 bits per heavy atom. The van der Waals surface area contributed by atoms with Gasteiger partial charge < -0.3 is 0 Å². The Hall–Kier alpha value is -2.49. The minimum atomic E-state index is -0.409. The van der Waals surface area contributed by atoms with Crippen molar-refractivity contribution in [1.29, 1.82) is 0 Å². The number of nitrogens with zero attached hydrogens (tertiary/aromatic N) is 2. The van der Waals surface area contributed by atoms with Gasteiger partial charge in [-0.05, 0) is 5.39 Å². The summed E-state index contributed by atoms with van der Waals surface area (Å²) in [7, 11) is 0. The third-order valence-electron chi connectivity index (χ3n) is 3.12. The second kappa shape index (κ2) is 2.79. The SMILES string of the molecule is O=c1nc2c(n[nH]1)-c1cccc3cccc-2c13. The van der Waals surface area contributed by atoms with Gasteiger partial charge in [0.1, 0.15) is 11.4 Å². The van der Waals surface area contributed by atoms with E-state index in [1.807, 2.05) is 24.3 Å². The van der Waals surface area contributed by atoms with Gasteiger partial charge in [0.25, 0.3) is 0 Å². The third-order valence-corrected chi connectivity index (χ3v) is 3.12. The molecule has 1 aliphatic carbocycles. The number of hydrogen-bond acceptors (Lipinski definition) is 3. The van der Waals surface area contributed by atoms with Crippen LogP contribution in [0.25, 0.3) is 33.3 Å². The molecule has 4 nitrogen and oxygen atoms in total. The monoisotopic (exact) mass is 221 g/mol. The fourth-order valence-corrected chi connectivity index (χ4v) is 2.45. The molecule has 1 aliphatic rings. The van der Waals surface area contributed by atoms with Crippen LogP contribution in [-0.4, -0.2) is 15.2 Å². The Morgan fingerprint density at radius 3 is 2.41 bits per heavy atom. The summed E-state index contributed by atoms with van der Waals surface area (Å²) in [6.07, 6.45) is 0. The van der Waals surface area contributed by atoms with Gasteiger partial charge in [-0.3, -0.25) is 0 Å². The van der Waals surface area contributed by atoms with E-state index in [2.05, 4.69) is 27.3 Å². The Kier molecular flexibility index (Phi) is 1.42. The molecule has 0 aliphatic heterocycles. The Morgan fingerprint density at radius 1 is 0.941 bits per heavy atom. The molecule has 0 bridgehead atoms. The van der Waals surface area contributed by atoms with Gasteiger partial charge in [0, 0.05) is 16.5 Å². The van der Waals surface area contributed by atoms with Crippen LogP contribution in [0.1, 0.15) is 0 Å². The van der Waals surface area contributed by atoms with Crippen molar-refractivity contribution in [2.24, 2.45) is 0 Å². The van der Waals surface area contributed by atoms with Crippen molar-refractivity contribution in [3.63, 3.8) is 0 Å². The van der Waals surface area contributed by atoms with E-state index in [-0.39, 0.29) is 0 Å². The summed E-state index contributed by atoms with van der Waals surface area (Å²) in [5, 5.41) is 8.77. The second-order valence-corrected chi connectivity index (χ2v) is 4.05. The first-order chi connectivity index (χ1) is 8.34. The minimum absolute atomic E-state index is 0.409. The summed E-state index contributed by atoms with van der Waals surface area (Å²) in [6.45, 7) is 0. The summed E-state index contributed by atoms with van der Waals surface area (Å²) < 4.78 is 0. The normalized spacial score (nSPS) is 11.8. The molecule has 1 N–H and O–H groups in total. The van der Waals surface area contributed by atoms with Crippen molar-refractivity contribution in [2.45, 2.75) is 0 Å². The fourth-order valence-electron chi connectivity index (χ4n) is 2.45. The standard InChI is InChI=1S/C13H7N3O/c17-13-14-11-8-5-1-3-7-4-2-6-9(10(7)8)12(11)15-16-13/h1-6H,(H,14,16,17). The molecule has 0 saturated heterocycles. The van der Waals surface area contributed by atoms with E-state index >= 15 is 0 Å². The molecule has 80 valence electrons. The topological polar surface area (TPSA) is 58.6 Å². The van der Waals surface area contributed by atoms with Crippen LogP contribution in [0.3, 0.4) is 0 Å². The van der Waals surface area contributed by atoms with Crippen LogP contribution >= 0.6 is 0 Å². The lowest BCUT2D eigenvalue weighted by Gasteiger charge is -1.99. The van der Waals surface area contributed by atoms with Gasteiger partial charge >= 0.3 is 5.69 Å². The van der Waals surface area contributed by atoms with Gasteiger partial charge in [0.15, 0.2) is 0 Å².